The average Bonchev–Trinajstić information content (AvgIpc) is 3.29. The third-order valence-corrected chi connectivity index (χ3v) is 6.59. The summed E-state index contributed by atoms with van der Waals surface area (Å²) in [5.41, 5.74) is 3.54. The van der Waals surface area contributed by atoms with Gasteiger partial charge in [0.15, 0.2) is 0 Å². The van der Waals surface area contributed by atoms with Crippen molar-refractivity contribution in [2.75, 3.05) is 31.2 Å². The number of hydrogen-bond acceptors (Lipinski definition) is 5. The van der Waals surface area contributed by atoms with E-state index < -0.39 is 11.9 Å². The van der Waals surface area contributed by atoms with Crippen LogP contribution in [0.4, 0.5) is 10.2 Å². The van der Waals surface area contributed by atoms with E-state index in [-0.39, 0.29) is 17.5 Å². The van der Waals surface area contributed by atoms with E-state index >= 15 is 0 Å². The molecule has 2 N–H and O–H groups in total. The highest BCUT2D eigenvalue weighted by Crippen LogP contribution is 2.45. The summed E-state index contributed by atoms with van der Waals surface area (Å²) < 4.78 is 19.3. The van der Waals surface area contributed by atoms with E-state index in [1.165, 1.54) is 12.1 Å². The van der Waals surface area contributed by atoms with Crippen LogP contribution in [0.1, 0.15) is 30.7 Å². The number of anilines is 1. The summed E-state index contributed by atoms with van der Waals surface area (Å²) in [6, 6.07) is 11.6. The second kappa shape index (κ2) is 8.39. The molecule has 2 aromatic carbocycles. The van der Waals surface area contributed by atoms with Crippen LogP contribution in [0.25, 0.3) is 22.0 Å². The van der Waals surface area contributed by atoms with Gasteiger partial charge in [0.05, 0.1) is 11.4 Å². The Bertz CT molecular complexity index is 1160. The van der Waals surface area contributed by atoms with Gasteiger partial charge in [0, 0.05) is 43.3 Å². The van der Waals surface area contributed by atoms with Crippen LogP contribution in [0, 0.1) is 11.7 Å². The zero-order chi connectivity index (χ0) is 22.2. The fourth-order valence-corrected chi connectivity index (χ4v) is 4.95. The molecule has 6 nitrogen and oxygen atoms in total. The Hall–Kier alpha value is -3.19. The number of halogens is 1. The highest BCUT2D eigenvalue weighted by atomic mass is 19.1. The van der Waals surface area contributed by atoms with Crippen LogP contribution >= 0.6 is 0 Å². The van der Waals surface area contributed by atoms with Gasteiger partial charge in [-0.2, -0.15) is 0 Å². The smallest absolute Gasteiger partial charge is 0.308 e. The van der Waals surface area contributed by atoms with E-state index in [9.17, 15) is 19.4 Å². The molecule has 2 saturated heterocycles. The van der Waals surface area contributed by atoms with Gasteiger partial charge in [0.2, 0.25) is 0 Å². The van der Waals surface area contributed by atoms with Crippen LogP contribution in [0.15, 0.2) is 42.5 Å². The molecule has 5 rings (SSSR count). The summed E-state index contributed by atoms with van der Waals surface area (Å²) in [6.07, 6.45) is 2.24. The topological polar surface area (TPSA) is 82.9 Å². The van der Waals surface area contributed by atoms with Crippen LogP contribution in [0.3, 0.4) is 0 Å². The zero-order valence-corrected chi connectivity index (χ0v) is 17.6. The Labute approximate surface area is 185 Å². The number of benzene rings is 2. The van der Waals surface area contributed by atoms with Gasteiger partial charge in [-0.05, 0) is 60.6 Å². The number of rotatable bonds is 4. The molecule has 0 spiro atoms. The summed E-state index contributed by atoms with van der Waals surface area (Å²) in [5, 5.41) is 20.5. The van der Waals surface area contributed by atoms with Crippen LogP contribution in [-0.2, 0) is 9.53 Å². The molecule has 1 atom stereocenters. The fraction of sp³-hybridized carbons (Fsp3) is 0.360. The number of aliphatic carboxylic acids is 1. The van der Waals surface area contributed by atoms with Gasteiger partial charge >= 0.3 is 5.97 Å². The maximum absolute atomic E-state index is 13.7. The first kappa shape index (κ1) is 20.7. The fourth-order valence-electron chi connectivity index (χ4n) is 4.95. The van der Waals surface area contributed by atoms with Gasteiger partial charge in [-0.1, -0.05) is 12.1 Å². The molecule has 3 heterocycles. The van der Waals surface area contributed by atoms with Crippen molar-refractivity contribution in [2.24, 2.45) is 5.92 Å². The predicted molar refractivity (Wildman–Crippen MR) is 120 cm³/mol. The molecular formula is C25H25FN2O4. The highest BCUT2D eigenvalue weighted by Gasteiger charge is 2.34. The number of pyridine rings is 1. The summed E-state index contributed by atoms with van der Waals surface area (Å²) in [6.45, 7) is 2.30. The van der Waals surface area contributed by atoms with Crippen LogP contribution in [0.2, 0.25) is 0 Å². The van der Waals surface area contributed by atoms with E-state index in [4.69, 9.17) is 9.72 Å². The molecule has 32 heavy (non-hydrogen) atoms. The number of aromatic hydroxyl groups is 1. The highest BCUT2D eigenvalue weighted by molar-refractivity contribution is 5.99. The van der Waals surface area contributed by atoms with Crippen LogP contribution < -0.4 is 4.90 Å². The normalized spacial score (nSPS) is 19.5. The lowest BCUT2D eigenvalue weighted by molar-refractivity contribution is -0.140. The third kappa shape index (κ3) is 3.77. The average molecular weight is 436 g/mol. The van der Waals surface area contributed by atoms with Gasteiger partial charge in [0.1, 0.15) is 17.4 Å². The minimum atomic E-state index is -0.794. The minimum Gasteiger partial charge on any atom is -0.508 e. The number of carboxylic acid groups (broad SMARTS) is 1. The summed E-state index contributed by atoms with van der Waals surface area (Å²) >= 11 is 0. The Balaban J connectivity index is 1.77. The van der Waals surface area contributed by atoms with Gasteiger partial charge in [-0.3, -0.25) is 4.79 Å². The molecule has 0 amide bonds. The molecule has 0 bridgehead atoms. The van der Waals surface area contributed by atoms with Gasteiger partial charge in [-0.15, -0.1) is 0 Å². The van der Waals surface area contributed by atoms with Crippen molar-refractivity contribution in [3.63, 3.8) is 0 Å². The Morgan fingerprint density at radius 1 is 1.09 bits per heavy atom. The molecule has 2 aliphatic heterocycles. The first-order chi connectivity index (χ1) is 15.5. The number of nitrogens with zero attached hydrogens (tertiary/aromatic N) is 2. The molecule has 2 aliphatic rings. The maximum Gasteiger partial charge on any atom is 0.308 e. The SMILES string of the molecule is O=C(O)[C@H]1CCN(c2nc3cc(O)ccc3c(-c3ccc(F)cc3)c2C2CCOCC2)C1. The van der Waals surface area contributed by atoms with Gasteiger partial charge in [0.25, 0.3) is 0 Å². The summed E-state index contributed by atoms with van der Waals surface area (Å²) in [5.74, 6) is -0.469. The largest absolute Gasteiger partial charge is 0.508 e. The van der Waals surface area contributed by atoms with Crippen molar-refractivity contribution >= 4 is 22.7 Å². The molecular weight excluding hydrogens is 411 g/mol. The van der Waals surface area contributed by atoms with Crippen molar-refractivity contribution < 1.29 is 24.1 Å². The quantitative estimate of drug-likeness (QED) is 0.624. The Morgan fingerprint density at radius 3 is 2.53 bits per heavy atom. The lowest BCUT2D eigenvalue weighted by atomic mass is 9.84. The molecule has 1 aromatic heterocycles. The molecule has 7 heteroatoms. The van der Waals surface area contributed by atoms with Crippen molar-refractivity contribution in [1.82, 2.24) is 4.98 Å². The number of phenols is 1. The molecule has 2 fully saturated rings. The molecule has 3 aromatic rings. The number of aromatic nitrogens is 1. The summed E-state index contributed by atoms with van der Waals surface area (Å²) in [7, 11) is 0. The molecule has 166 valence electrons. The molecule has 0 saturated carbocycles. The first-order valence-electron chi connectivity index (χ1n) is 11.0. The standard InChI is InChI=1S/C25H25FN2O4/c26-18-3-1-15(2-4-18)22-20-6-5-19(29)13-21(20)27-24(23(22)16-8-11-32-12-9-16)28-10-7-17(14-28)25(30)31/h1-6,13,16-17,29H,7-12,14H2,(H,30,31)/t17-/m0/s1. The summed E-state index contributed by atoms with van der Waals surface area (Å²) in [4.78, 5) is 18.6. The van der Waals surface area contributed by atoms with Crippen molar-refractivity contribution in [3.8, 4) is 16.9 Å². The van der Waals surface area contributed by atoms with E-state index in [0.29, 0.717) is 38.2 Å². The van der Waals surface area contributed by atoms with Gasteiger partial charge < -0.3 is 19.8 Å². The zero-order valence-electron chi connectivity index (χ0n) is 17.6. The number of fused-ring (bicyclic) bond motifs is 1. The van der Waals surface area contributed by atoms with Crippen LogP contribution in [0.5, 0.6) is 5.75 Å². The monoisotopic (exact) mass is 436 g/mol. The van der Waals surface area contributed by atoms with E-state index in [2.05, 4.69) is 4.90 Å². The lowest BCUT2D eigenvalue weighted by Gasteiger charge is -2.31. The number of ether oxygens (including phenoxy) is 1. The predicted octanol–water partition coefficient (Wildman–Crippen LogP) is 4.55. The number of hydrogen-bond donors (Lipinski definition) is 2. The molecule has 0 radical (unpaired) electrons. The number of phenolic OH excluding ortho intramolecular Hbond substituents is 1. The maximum atomic E-state index is 13.7. The Morgan fingerprint density at radius 2 is 1.84 bits per heavy atom. The van der Waals surface area contributed by atoms with E-state index in [0.717, 1.165) is 40.7 Å². The number of carboxylic acids is 1. The third-order valence-electron chi connectivity index (χ3n) is 6.59. The van der Waals surface area contributed by atoms with E-state index in [1.54, 1.807) is 24.3 Å². The van der Waals surface area contributed by atoms with Crippen molar-refractivity contribution in [2.45, 2.75) is 25.2 Å². The second-order valence-corrected chi connectivity index (χ2v) is 8.59. The molecule has 0 aliphatic carbocycles. The van der Waals surface area contributed by atoms with E-state index in [1.807, 2.05) is 6.07 Å². The Kier molecular flexibility index (Phi) is 5.43. The van der Waals surface area contributed by atoms with Gasteiger partial charge in [-0.25, -0.2) is 9.37 Å². The molecule has 0 unspecified atom stereocenters. The second-order valence-electron chi connectivity index (χ2n) is 8.59. The number of carbonyl (C=O) groups is 1. The van der Waals surface area contributed by atoms with Crippen molar-refractivity contribution in [1.29, 1.82) is 0 Å². The van der Waals surface area contributed by atoms with Crippen LogP contribution in [-0.4, -0.2) is 47.5 Å². The lowest BCUT2D eigenvalue weighted by Crippen LogP contribution is -2.26. The first-order valence-corrected chi connectivity index (χ1v) is 11.0. The van der Waals surface area contributed by atoms with Crippen molar-refractivity contribution in [3.05, 3.63) is 53.8 Å². The minimum absolute atomic E-state index is 0.115.